The molecule has 1 atom stereocenters. The van der Waals surface area contributed by atoms with Crippen LogP contribution in [0.15, 0.2) is 46.0 Å². The Balaban J connectivity index is 1.80. The number of ether oxygens (including phenoxy) is 1. The van der Waals surface area contributed by atoms with Crippen LogP contribution in [0.1, 0.15) is 26.7 Å². The molecule has 1 fully saturated rings. The molecule has 1 amide bonds. The molecule has 1 aliphatic heterocycles. The Morgan fingerprint density at radius 3 is 2.73 bits per heavy atom. The van der Waals surface area contributed by atoms with Gasteiger partial charge in [-0.2, -0.15) is 4.31 Å². The molecule has 0 bridgehead atoms. The summed E-state index contributed by atoms with van der Waals surface area (Å²) in [7, 11) is -3.65. The number of rotatable bonds is 6. The SMILES string of the molecule is CC(C)Oc1ccccc1NC(=O)C1CCCN1S(=O)(=O)c1cccs1. The molecule has 1 aromatic carbocycles. The van der Waals surface area contributed by atoms with E-state index < -0.39 is 16.1 Å². The van der Waals surface area contributed by atoms with Crippen LogP contribution in [0, 0.1) is 0 Å². The Bertz CT molecular complexity index is 863. The van der Waals surface area contributed by atoms with Gasteiger partial charge in [-0.1, -0.05) is 18.2 Å². The standard InChI is InChI=1S/C18H22N2O4S2/c1-13(2)24-16-9-4-3-7-14(16)19-18(21)15-8-5-11-20(15)26(22,23)17-10-6-12-25-17/h3-4,6-7,9-10,12-13,15H,5,8,11H2,1-2H3,(H,19,21). The third-order valence-corrected chi connectivity index (χ3v) is 7.35. The number of para-hydroxylation sites is 2. The van der Waals surface area contributed by atoms with E-state index in [-0.39, 0.29) is 16.2 Å². The van der Waals surface area contributed by atoms with Gasteiger partial charge in [-0.15, -0.1) is 11.3 Å². The van der Waals surface area contributed by atoms with Gasteiger partial charge in [-0.3, -0.25) is 4.79 Å². The van der Waals surface area contributed by atoms with E-state index in [0.29, 0.717) is 30.8 Å². The first-order valence-electron chi connectivity index (χ1n) is 8.51. The zero-order valence-corrected chi connectivity index (χ0v) is 16.3. The topological polar surface area (TPSA) is 75.7 Å². The van der Waals surface area contributed by atoms with Crippen molar-refractivity contribution in [2.75, 3.05) is 11.9 Å². The highest BCUT2D eigenvalue weighted by Gasteiger charge is 2.40. The van der Waals surface area contributed by atoms with Crippen molar-refractivity contribution < 1.29 is 17.9 Å². The minimum absolute atomic E-state index is 0.0322. The monoisotopic (exact) mass is 394 g/mol. The first-order valence-corrected chi connectivity index (χ1v) is 10.8. The number of hydrogen-bond acceptors (Lipinski definition) is 5. The van der Waals surface area contributed by atoms with Crippen LogP contribution < -0.4 is 10.1 Å². The molecule has 1 unspecified atom stereocenters. The molecule has 0 spiro atoms. The van der Waals surface area contributed by atoms with Crippen LogP contribution in [0.3, 0.4) is 0 Å². The summed E-state index contributed by atoms with van der Waals surface area (Å²) in [6.07, 6.45) is 1.13. The number of sulfonamides is 1. The molecule has 26 heavy (non-hydrogen) atoms. The lowest BCUT2D eigenvalue weighted by Gasteiger charge is -2.23. The number of nitrogens with zero attached hydrogens (tertiary/aromatic N) is 1. The summed E-state index contributed by atoms with van der Waals surface area (Å²) >= 11 is 1.16. The van der Waals surface area contributed by atoms with E-state index in [0.717, 1.165) is 11.3 Å². The van der Waals surface area contributed by atoms with Crippen molar-refractivity contribution in [2.45, 2.75) is 43.0 Å². The summed E-state index contributed by atoms with van der Waals surface area (Å²) in [5.41, 5.74) is 0.548. The van der Waals surface area contributed by atoms with Crippen LogP contribution in [0.5, 0.6) is 5.75 Å². The molecule has 1 saturated heterocycles. The van der Waals surface area contributed by atoms with E-state index in [1.807, 2.05) is 19.9 Å². The summed E-state index contributed by atoms with van der Waals surface area (Å²) in [5.74, 6) is 0.240. The lowest BCUT2D eigenvalue weighted by atomic mass is 10.2. The normalized spacial score (nSPS) is 18.2. The molecular weight excluding hydrogens is 372 g/mol. The third kappa shape index (κ3) is 3.92. The van der Waals surface area contributed by atoms with Crippen LogP contribution in [0.2, 0.25) is 0 Å². The summed E-state index contributed by atoms with van der Waals surface area (Å²) in [6, 6.07) is 9.72. The molecule has 3 rings (SSSR count). The summed E-state index contributed by atoms with van der Waals surface area (Å²) in [6.45, 7) is 4.16. The first-order chi connectivity index (χ1) is 12.4. The smallest absolute Gasteiger partial charge is 0.253 e. The zero-order chi connectivity index (χ0) is 18.7. The summed E-state index contributed by atoms with van der Waals surface area (Å²) in [4.78, 5) is 12.8. The van der Waals surface area contributed by atoms with Gasteiger partial charge in [0.05, 0.1) is 11.8 Å². The fourth-order valence-corrected chi connectivity index (χ4v) is 5.73. The Morgan fingerprint density at radius 2 is 2.04 bits per heavy atom. The van der Waals surface area contributed by atoms with Gasteiger partial charge in [0, 0.05) is 6.54 Å². The highest BCUT2D eigenvalue weighted by atomic mass is 32.2. The summed E-state index contributed by atoms with van der Waals surface area (Å²) < 4.78 is 32.9. The third-order valence-electron chi connectivity index (χ3n) is 4.07. The maximum absolute atomic E-state index is 12.8. The number of benzene rings is 1. The van der Waals surface area contributed by atoms with Gasteiger partial charge in [0.25, 0.3) is 10.0 Å². The van der Waals surface area contributed by atoms with Crippen LogP contribution >= 0.6 is 11.3 Å². The quantitative estimate of drug-likeness (QED) is 0.815. The van der Waals surface area contributed by atoms with Crippen molar-refractivity contribution >= 4 is 33.0 Å². The molecule has 6 nitrogen and oxygen atoms in total. The molecule has 1 N–H and O–H groups in total. The Morgan fingerprint density at radius 1 is 1.27 bits per heavy atom. The van der Waals surface area contributed by atoms with Gasteiger partial charge in [0.1, 0.15) is 16.0 Å². The van der Waals surface area contributed by atoms with Crippen LogP contribution in [-0.4, -0.2) is 37.3 Å². The fraction of sp³-hybridized carbons (Fsp3) is 0.389. The first kappa shape index (κ1) is 18.9. The fourth-order valence-electron chi connectivity index (χ4n) is 2.96. The van der Waals surface area contributed by atoms with Gasteiger partial charge in [-0.05, 0) is 50.3 Å². The van der Waals surface area contributed by atoms with Gasteiger partial charge in [-0.25, -0.2) is 8.42 Å². The maximum atomic E-state index is 12.8. The minimum atomic E-state index is -3.65. The van der Waals surface area contributed by atoms with Crippen molar-refractivity contribution in [3.63, 3.8) is 0 Å². The second-order valence-corrected chi connectivity index (χ2v) is 9.42. The van der Waals surface area contributed by atoms with E-state index >= 15 is 0 Å². The van der Waals surface area contributed by atoms with Crippen molar-refractivity contribution in [3.8, 4) is 5.75 Å². The van der Waals surface area contributed by atoms with E-state index in [9.17, 15) is 13.2 Å². The molecule has 0 saturated carbocycles. The van der Waals surface area contributed by atoms with Crippen molar-refractivity contribution in [3.05, 3.63) is 41.8 Å². The van der Waals surface area contributed by atoms with Gasteiger partial charge in [0.15, 0.2) is 0 Å². The number of carbonyl (C=O) groups excluding carboxylic acids is 1. The second kappa shape index (κ2) is 7.77. The molecule has 1 aliphatic rings. The molecule has 0 aliphatic carbocycles. The van der Waals surface area contributed by atoms with E-state index in [1.165, 1.54) is 4.31 Å². The lowest BCUT2D eigenvalue weighted by molar-refractivity contribution is -0.119. The molecule has 2 heterocycles. The number of carbonyl (C=O) groups is 1. The second-order valence-electron chi connectivity index (χ2n) is 6.36. The lowest BCUT2D eigenvalue weighted by Crippen LogP contribution is -2.42. The summed E-state index contributed by atoms with van der Waals surface area (Å²) in [5, 5.41) is 4.56. The number of nitrogens with one attached hydrogen (secondary N) is 1. The predicted octanol–water partition coefficient (Wildman–Crippen LogP) is 3.33. The average molecular weight is 395 g/mol. The molecule has 140 valence electrons. The molecule has 2 aromatic rings. The molecular formula is C18H22N2O4S2. The Labute approximate surface area is 157 Å². The number of amides is 1. The molecule has 1 aromatic heterocycles. The largest absolute Gasteiger partial charge is 0.489 e. The van der Waals surface area contributed by atoms with Gasteiger partial charge >= 0.3 is 0 Å². The van der Waals surface area contributed by atoms with Crippen molar-refractivity contribution in [2.24, 2.45) is 0 Å². The van der Waals surface area contributed by atoms with Gasteiger partial charge < -0.3 is 10.1 Å². The predicted molar refractivity (Wildman–Crippen MR) is 102 cm³/mol. The zero-order valence-electron chi connectivity index (χ0n) is 14.7. The Kier molecular flexibility index (Phi) is 5.64. The maximum Gasteiger partial charge on any atom is 0.253 e. The Hall–Kier alpha value is -1.90. The van der Waals surface area contributed by atoms with Gasteiger partial charge in [0.2, 0.25) is 5.91 Å². The van der Waals surface area contributed by atoms with Crippen molar-refractivity contribution in [1.29, 1.82) is 0 Å². The van der Waals surface area contributed by atoms with E-state index in [1.54, 1.807) is 35.7 Å². The number of hydrogen-bond donors (Lipinski definition) is 1. The van der Waals surface area contributed by atoms with Crippen molar-refractivity contribution in [1.82, 2.24) is 4.31 Å². The van der Waals surface area contributed by atoms with E-state index in [4.69, 9.17) is 4.74 Å². The number of anilines is 1. The van der Waals surface area contributed by atoms with Crippen LogP contribution in [0.4, 0.5) is 5.69 Å². The molecule has 8 heteroatoms. The highest BCUT2D eigenvalue weighted by Crippen LogP contribution is 2.30. The minimum Gasteiger partial charge on any atom is -0.489 e. The molecule has 0 radical (unpaired) electrons. The highest BCUT2D eigenvalue weighted by molar-refractivity contribution is 7.91. The van der Waals surface area contributed by atoms with E-state index in [2.05, 4.69) is 5.32 Å². The average Bonchev–Trinajstić information content (AvgIpc) is 3.28. The van der Waals surface area contributed by atoms with Crippen LogP contribution in [-0.2, 0) is 14.8 Å². The number of thiophene rings is 1. The van der Waals surface area contributed by atoms with Crippen LogP contribution in [0.25, 0.3) is 0 Å².